The largest absolute Gasteiger partial charge is 0.452 e. The predicted molar refractivity (Wildman–Crippen MR) is 83.4 cm³/mol. The lowest BCUT2D eigenvalue weighted by molar-refractivity contribution is -0.125. The van der Waals surface area contributed by atoms with Crippen LogP contribution >= 0.6 is 15.9 Å². The van der Waals surface area contributed by atoms with Crippen LogP contribution in [0.15, 0.2) is 27.6 Å². The van der Waals surface area contributed by atoms with Crippen molar-refractivity contribution < 1.29 is 40.7 Å². The van der Waals surface area contributed by atoms with Crippen molar-refractivity contribution >= 4 is 43.9 Å². The first kappa shape index (κ1) is 21.9. The number of primary sulfonamides is 1. The summed E-state index contributed by atoms with van der Waals surface area (Å²) in [5.41, 5.74) is -0.272. The van der Waals surface area contributed by atoms with E-state index in [9.17, 15) is 36.0 Å². The van der Waals surface area contributed by atoms with E-state index in [-0.39, 0.29) is 14.9 Å². The fourth-order valence-electron chi connectivity index (χ4n) is 1.43. The predicted octanol–water partition coefficient (Wildman–Crippen LogP) is 0.641. The third-order valence-corrected chi connectivity index (χ3v) is 4.13. The highest BCUT2D eigenvalue weighted by Gasteiger charge is 2.28. The number of nitrogens with one attached hydrogen (secondary N) is 2. The molecule has 0 heterocycles. The second-order valence-electron chi connectivity index (χ2n) is 4.61. The summed E-state index contributed by atoms with van der Waals surface area (Å²) in [7, 11) is -4.09. The molecule has 1 rings (SSSR count). The Bertz CT molecular complexity index is 828. The van der Waals surface area contributed by atoms with Gasteiger partial charge in [0.1, 0.15) is 6.54 Å². The lowest BCUT2D eigenvalue weighted by atomic mass is 10.2. The number of sulfonamides is 1. The van der Waals surface area contributed by atoms with Crippen molar-refractivity contribution in [3.05, 3.63) is 28.2 Å². The van der Waals surface area contributed by atoms with Crippen LogP contribution in [0.2, 0.25) is 0 Å². The summed E-state index contributed by atoms with van der Waals surface area (Å²) in [6.07, 6.45) is -4.66. The van der Waals surface area contributed by atoms with Crippen molar-refractivity contribution in [3.8, 4) is 0 Å². The van der Waals surface area contributed by atoms with Crippen LogP contribution < -0.4 is 15.8 Å². The molecule has 0 saturated carbocycles. The summed E-state index contributed by atoms with van der Waals surface area (Å²) < 4.78 is 62.9. The SMILES string of the molecule is NS(=O)(=O)c1ccc(Br)c(C(=O)OCC(=O)NC(=O)NCC(F)(F)F)c1. The molecule has 14 heteroatoms. The number of carbonyl (C=O) groups excluding carboxylic acids is 3. The average Bonchev–Trinajstić information content (AvgIpc) is 2.49. The summed E-state index contributed by atoms with van der Waals surface area (Å²) in [5.74, 6) is -2.33. The number of carbonyl (C=O) groups is 3. The van der Waals surface area contributed by atoms with Crippen molar-refractivity contribution in [1.82, 2.24) is 10.6 Å². The molecular formula is C12H11BrF3N3O6S. The molecule has 0 aromatic heterocycles. The number of imide groups is 1. The number of alkyl halides is 3. The molecule has 26 heavy (non-hydrogen) atoms. The van der Waals surface area contributed by atoms with Gasteiger partial charge in [-0.15, -0.1) is 0 Å². The Kier molecular flexibility index (Phi) is 7.11. The summed E-state index contributed by atoms with van der Waals surface area (Å²) >= 11 is 2.98. The van der Waals surface area contributed by atoms with Crippen molar-refractivity contribution in [2.75, 3.05) is 13.2 Å². The molecule has 9 nitrogen and oxygen atoms in total. The van der Waals surface area contributed by atoms with Gasteiger partial charge in [0.15, 0.2) is 6.61 Å². The van der Waals surface area contributed by atoms with E-state index >= 15 is 0 Å². The zero-order valence-corrected chi connectivity index (χ0v) is 15.0. The number of urea groups is 1. The van der Waals surface area contributed by atoms with E-state index in [1.807, 2.05) is 0 Å². The molecule has 0 fully saturated rings. The third-order valence-electron chi connectivity index (χ3n) is 2.52. The van der Waals surface area contributed by atoms with Crippen LogP contribution in [-0.4, -0.2) is 45.7 Å². The molecule has 0 aliphatic rings. The van der Waals surface area contributed by atoms with Gasteiger partial charge in [-0.2, -0.15) is 13.2 Å². The molecule has 1 aromatic carbocycles. The molecule has 1 aromatic rings. The van der Waals surface area contributed by atoms with Crippen molar-refractivity contribution in [3.63, 3.8) is 0 Å². The molecule has 0 bridgehead atoms. The Hall–Kier alpha value is -2.19. The van der Waals surface area contributed by atoms with E-state index < -0.39 is 47.3 Å². The van der Waals surface area contributed by atoms with Gasteiger partial charge in [-0.1, -0.05) is 0 Å². The van der Waals surface area contributed by atoms with Gasteiger partial charge in [-0.3, -0.25) is 10.1 Å². The number of rotatable bonds is 5. The Morgan fingerprint density at radius 3 is 2.38 bits per heavy atom. The monoisotopic (exact) mass is 461 g/mol. The number of nitrogens with two attached hydrogens (primary N) is 1. The zero-order chi connectivity index (χ0) is 20.1. The van der Waals surface area contributed by atoms with Gasteiger partial charge >= 0.3 is 18.2 Å². The van der Waals surface area contributed by atoms with Gasteiger partial charge in [-0.05, 0) is 34.1 Å². The van der Waals surface area contributed by atoms with Gasteiger partial charge in [-0.25, -0.2) is 23.1 Å². The van der Waals surface area contributed by atoms with Gasteiger partial charge in [0, 0.05) is 4.47 Å². The minimum absolute atomic E-state index is 0.137. The van der Waals surface area contributed by atoms with Crippen molar-refractivity contribution in [1.29, 1.82) is 0 Å². The maximum Gasteiger partial charge on any atom is 0.405 e. The number of halogens is 4. The Morgan fingerprint density at radius 2 is 1.85 bits per heavy atom. The third kappa shape index (κ3) is 7.37. The van der Waals surface area contributed by atoms with Gasteiger partial charge in [0.05, 0.1) is 10.5 Å². The highest BCUT2D eigenvalue weighted by atomic mass is 79.9. The minimum Gasteiger partial charge on any atom is -0.452 e. The molecule has 0 radical (unpaired) electrons. The second kappa shape index (κ2) is 8.46. The van der Waals surface area contributed by atoms with Crippen LogP contribution in [0.3, 0.4) is 0 Å². The maximum absolute atomic E-state index is 11.9. The van der Waals surface area contributed by atoms with Crippen molar-refractivity contribution in [2.45, 2.75) is 11.1 Å². The molecule has 144 valence electrons. The molecule has 0 aliphatic heterocycles. The number of benzene rings is 1. The van der Waals surface area contributed by atoms with Crippen LogP contribution in [0.1, 0.15) is 10.4 Å². The zero-order valence-electron chi connectivity index (χ0n) is 12.6. The van der Waals surface area contributed by atoms with Crippen LogP contribution in [0.5, 0.6) is 0 Å². The van der Waals surface area contributed by atoms with Gasteiger partial charge in [0.2, 0.25) is 10.0 Å². The molecule has 0 aliphatic carbocycles. The molecule has 0 unspecified atom stereocenters. The summed E-state index contributed by atoms with van der Waals surface area (Å²) in [4.78, 5) is 33.9. The van der Waals surface area contributed by atoms with E-state index in [0.717, 1.165) is 12.1 Å². The number of esters is 1. The number of ether oxygens (including phenoxy) is 1. The summed E-state index contributed by atoms with van der Waals surface area (Å²) in [6, 6.07) is 1.80. The fraction of sp³-hybridized carbons (Fsp3) is 0.250. The Balaban J connectivity index is 2.64. The standard InChI is InChI=1S/C12H11BrF3N3O6S/c13-8-2-1-6(26(17,23)24)3-7(8)10(21)25-4-9(20)19-11(22)18-5-12(14,15)16/h1-3H,4-5H2,(H2,17,23,24)(H2,18,19,20,22). The molecule has 0 saturated heterocycles. The van der Waals surface area contributed by atoms with Crippen LogP contribution in [-0.2, 0) is 19.6 Å². The molecule has 4 N–H and O–H groups in total. The molecule has 3 amide bonds. The smallest absolute Gasteiger partial charge is 0.405 e. The van der Waals surface area contributed by atoms with Crippen LogP contribution in [0, 0.1) is 0 Å². The fourth-order valence-corrected chi connectivity index (χ4v) is 2.38. The minimum atomic E-state index is -4.66. The van der Waals surface area contributed by atoms with Crippen molar-refractivity contribution in [2.24, 2.45) is 5.14 Å². The Morgan fingerprint density at radius 1 is 1.23 bits per heavy atom. The van der Waals surface area contributed by atoms with Crippen LogP contribution in [0.25, 0.3) is 0 Å². The summed E-state index contributed by atoms with van der Waals surface area (Å²) in [6.45, 7) is -2.65. The van der Waals surface area contributed by atoms with E-state index in [1.54, 1.807) is 0 Å². The average molecular weight is 462 g/mol. The van der Waals surface area contributed by atoms with E-state index in [4.69, 9.17) is 5.14 Å². The quantitative estimate of drug-likeness (QED) is 0.548. The van der Waals surface area contributed by atoms with E-state index in [2.05, 4.69) is 20.7 Å². The molecular weight excluding hydrogens is 451 g/mol. The first-order valence-electron chi connectivity index (χ1n) is 6.43. The second-order valence-corrected chi connectivity index (χ2v) is 7.02. The first-order chi connectivity index (χ1) is 11.8. The molecule has 0 atom stereocenters. The van der Waals surface area contributed by atoms with Gasteiger partial charge in [0.25, 0.3) is 5.91 Å². The first-order valence-corrected chi connectivity index (χ1v) is 8.77. The maximum atomic E-state index is 11.9. The highest BCUT2D eigenvalue weighted by Crippen LogP contribution is 2.21. The number of hydrogen-bond acceptors (Lipinski definition) is 6. The topological polar surface area (TPSA) is 145 Å². The lowest BCUT2D eigenvalue weighted by Crippen LogP contribution is -2.44. The molecule has 0 spiro atoms. The van der Waals surface area contributed by atoms with Crippen LogP contribution in [0.4, 0.5) is 18.0 Å². The van der Waals surface area contributed by atoms with E-state index in [1.165, 1.54) is 16.7 Å². The van der Waals surface area contributed by atoms with E-state index in [0.29, 0.717) is 0 Å². The Labute approximate surface area is 153 Å². The summed E-state index contributed by atoms with van der Waals surface area (Å²) in [5, 5.41) is 7.83. The number of amides is 3. The number of hydrogen-bond donors (Lipinski definition) is 3. The normalized spacial score (nSPS) is 11.6. The van der Waals surface area contributed by atoms with Gasteiger partial charge < -0.3 is 10.1 Å². The lowest BCUT2D eigenvalue weighted by Gasteiger charge is -2.10. The highest BCUT2D eigenvalue weighted by molar-refractivity contribution is 9.10.